The van der Waals surface area contributed by atoms with E-state index in [4.69, 9.17) is 4.74 Å². The molecular formula is C20H18N2O5S. The van der Waals surface area contributed by atoms with Gasteiger partial charge >= 0.3 is 0 Å². The molecule has 0 saturated carbocycles. The fourth-order valence-electron chi connectivity index (χ4n) is 2.78. The summed E-state index contributed by atoms with van der Waals surface area (Å²) in [6, 6.07) is 20.1. The summed E-state index contributed by atoms with van der Waals surface area (Å²) in [6.45, 7) is 0. The predicted molar refractivity (Wildman–Crippen MR) is 106 cm³/mol. The Morgan fingerprint density at radius 2 is 1.68 bits per heavy atom. The zero-order valence-corrected chi connectivity index (χ0v) is 15.8. The molecule has 0 spiro atoms. The molecule has 0 heterocycles. The van der Waals surface area contributed by atoms with Gasteiger partial charge in [-0.2, -0.15) is 0 Å². The van der Waals surface area contributed by atoms with Crippen molar-refractivity contribution in [2.24, 2.45) is 0 Å². The number of methoxy groups -OCH3 is 1. The summed E-state index contributed by atoms with van der Waals surface area (Å²) < 4.78 is 33.5. The second kappa shape index (κ2) is 8.10. The van der Waals surface area contributed by atoms with Gasteiger partial charge in [0.15, 0.2) is 0 Å². The van der Waals surface area contributed by atoms with Crippen molar-refractivity contribution in [2.75, 3.05) is 11.8 Å². The molecule has 3 aromatic carbocycles. The van der Waals surface area contributed by atoms with Gasteiger partial charge in [0.2, 0.25) is 0 Å². The van der Waals surface area contributed by atoms with Gasteiger partial charge in [-0.1, -0.05) is 48.5 Å². The van der Waals surface area contributed by atoms with Crippen LogP contribution in [0, 0.1) is 10.1 Å². The van der Waals surface area contributed by atoms with Gasteiger partial charge in [-0.25, -0.2) is 8.42 Å². The van der Waals surface area contributed by atoms with E-state index in [9.17, 15) is 18.5 Å². The van der Waals surface area contributed by atoms with Crippen LogP contribution < -0.4 is 9.46 Å². The van der Waals surface area contributed by atoms with Crippen molar-refractivity contribution < 1.29 is 18.1 Å². The third-order valence-electron chi connectivity index (χ3n) is 4.15. The van der Waals surface area contributed by atoms with Crippen LogP contribution in [0.4, 0.5) is 11.4 Å². The lowest BCUT2D eigenvalue weighted by molar-refractivity contribution is -0.385. The summed E-state index contributed by atoms with van der Waals surface area (Å²) in [5, 5.41) is 11.0. The average Bonchev–Trinajstić information content (AvgIpc) is 2.69. The molecule has 0 aliphatic heterocycles. The first kappa shape index (κ1) is 19.4. The SMILES string of the molecule is COc1ccc([N+](=O)[O-])cc1S(=O)(=O)Nc1ccccc1Cc1ccccc1. The lowest BCUT2D eigenvalue weighted by Crippen LogP contribution is -2.15. The highest BCUT2D eigenvalue weighted by molar-refractivity contribution is 7.92. The van der Waals surface area contributed by atoms with Crippen LogP contribution in [0.5, 0.6) is 5.75 Å². The number of nitro benzene ring substituents is 1. The maximum atomic E-state index is 12.9. The number of sulfonamides is 1. The zero-order chi connectivity index (χ0) is 20.1. The maximum Gasteiger partial charge on any atom is 0.271 e. The monoisotopic (exact) mass is 398 g/mol. The first-order valence-corrected chi connectivity index (χ1v) is 9.86. The topological polar surface area (TPSA) is 98.5 Å². The Labute approximate surface area is 162 Å². The molecule has 0 amide bonds. The van der Waals surface area contributed by atoms with E-state index < -0.39 is 14.9 Å². The Balaban J connectivity index is 1.98. The van der Waals surface area contributed by atoms with Gasteiger partial charge in [-0.15, -0.1) is 0 Å². The van der Waals surface area contributed by atoms with Crippen molar-refractivity contribution in [3.63, 3.8) is 0 Å². The van der Waals surface area contributed by atoms with Crippen LogP contribution in [0.15, 0.2) is 77.7 Å². The quantitative estimate of drug-likeness (QED) is 0.479. The van der Waals surface area contributed by atoms with Crippen LogP contribution in [-0.2, 0) is 16.4 Å². The lowest BCUT2D eigenvalue weighted by atomic mass is 10.0. The van der Waals surface area contributed by atoms with E-state index in [1.54, 1.807) is 12.1 Å². The number of benzene rings is 3. The van der Waals surface area contributed by atoms with Gasteiger partial charge in [0.1, 0.15) is 10.6 Å². The lowest BCUT2D eigenvalue weighted by Gasteiger charge is -2.14. The number of non-ortho nitro benzene ring substituents is 1. The molecule has 0 aromatic heterocycles. The first-order valence-electron chi connectivity index (χ1n) is 8.38. The molecule has 7 nitrogen and oxygen atoms in total. The molecule has 3 aromatic rings. The predicted octanol–water partition coefficient (Wildman–Crippen LogP) is 4.00. The Morgan fingerprint density at radius 1 is 1.00 bits per heavy atom. The van der Waals surface area contributed by atoms with Gasteiger partial charge in [0.25, 0.3) is 15.7 Å². The van der Waals surface area contributed by atoms with Crippen LogP contribution >= 0.6 is 0 Å². The largest absolute Gasteiger partial charge is 0.495 e. The third-order valence-corrected chi connectivity index (χ3v) is 5.53. The zero-order valence-electron chi connectivity index (χ0n) is 15.0. The van der Waals surface area contributed by atoms with Crippen molar-refractivity contribution in [2.45, 2.75) is 11.3 Å². The summed E-state index contributed by atoms with van der Waals surface area (Å²) in [5.41, 5.74) is 1.88. The van der Waals surface area contributed by atoms with Crippen LogP contribution in [0.3, 0.4) is 0 Å². The highest BCUT2D eigenvalue weighted by Gasteiger charge is 2.24. The first-order chi connectivity index (χ1) is 13.4. The molecule has 3 rings (SSSR count). The fraction of sp³-hybridized carbons (Fsp3) is 0.100. The molecule has 144 valence electrons. The van der Waals surface area contributed by atoms with Crippen molar-refractivity contribution in [1.82, 2.24) is 0 Å². The molecular weight excluding hydrogens is 380 g/mol. The van der Waals surface area contributed by atoms with Crippen molar-refractivity contribution in [3.8, 4) is 5.75 Å². The standard InChI is InChI=1S/C20H18N2O5S/c1-27-19-12-11-17(22(23)24)14-20(19)28(25,26)21-18-10-6-5-9-16(18)13-15-7-3-2-4-8-15/h2-12,14,21H,13H2,1H3. The summed E-state index contributed by atoms with van der Waals surface area (Å²) >= 11 is 0. The minimum Gasteiger partial charge on any atom is -0.495 e. The Kier molecular flexibility index (Phi) is 5.60. The molecule has 0 aliphatic rings. The molecule has 0 saturated heterocycles. The number of rotatable bonds is 7. The number of hydrogen-bond acceptors (Lipinski definition) is 5. The van der Waals surface area contributed by atoms with Crippen molar-refractivity contribution in [1.29, 1.82) is 0 Å². The number of hydrogen-bond donors (Lipinski definition) is 1. The van der Waals surface area contributed by atoms with Crippen molar-refractivity contribution in [3.05, 3.63) is 94.0 Å². The number of nitrogens with zero attached hydrogens (tertiary/aromatic N) is 1. The highest BCUT2D eigenvalue weighted by Crippen LogP contribution is 2.30. The number of para-hydroxylation sites is 1. The fourth-order valence-corrected chi connectivity index (χ4v) is 4.07. The van der Waals surface area contributed by atoms with E-state index in [0.717, 1.165) is 17.2 Å². The van der Waals surface area contributed by atoms with Gasteiger partial charge in [0.05, 0.1) is 17.7 Å². The summed E-state index contributed by atoms with van der Waals surface area (Å²) in [6.07, 6.45) is 0.533. The van der Waals surface area contributed by atoms with Crippen LogP contribution in [0.2, 0.25) is 0 Å². The van der Waals surface area contributed by atoms with E-state index in [1.165, 1.54) is 19.2 Å². The maximum absolute atomic E-state index is 12.9. The van der Waals surface area contributed by atoms with Gasteiger partial charge in [-0.3, -0.25) is 14.8 Å². The molecule has 0 unspecified atom stereocenters. The number of ether oxygens (including phenoxy) is 1. The summed E-state index contributed by atoms with van der Waals surface area (Å²) in [7, 11) is -2.80. The Morgan fingerprint density at radius 3 is 2.36 bits per heavy atom. The van der Waals surface area contributed by atoms with Crippen molar-refractivity contribution >= 4 is 21.4 Å². The summed E-state index contributed by atoms with van der Waals surface area (Å²) in [5.74, 6) is 0.0265. The number of nitrogens with one attached hydrogen (secondary N) is 1. The van der Waals surface area contributed by atoms with Gasteiger partial charge < -0.3 is 4.74 Å². The molecule has 28 heavy (non-hydrogen) atoms. The van der Waals surface area contributed by atoms with Crippen LogP contribution in [0.1, 0.15) is 11.1 Å². The van der Waals surface area contributed by atoms with E-state index in [2.05, 4.69) is 4.72 Å². The molecule has 1 N–H and O–H groups in total. The van der Waals surface area contributed by atoms with Crippen LogP contribution in [0.25, 0.3) is 0 Å². The van der Waals surface area contributed by atoms with Crippen LogP contribution in [-0.4, -0.2) is 20.5 Å². The smallest absolute Gasteiger partial charge is 0.271 e. The molecule has 0 atom stereocenters. The second-order valence-corrected chi connectivity index (χ2v) is 7.67. The Bertz CT molecular complexity index is 1100. The normalized spacial score (nSPS) is 11.0. The molecule has 0 bridgehead atoms. The second-order valence-electron chi connectivity index (χ2n) is 6.02. The van der Waals surface area contributed by atoms with E-state index in [-0.39, 0.29) is 16.3 Å². The van der Waals surface area contributed by atoms with E-state index in [0.29, 0.717) is 12.1 Å². The van der Waals surface area contributed by atoms with Gasteiger partial charge in [-0.05, 0) is 29.7 Å². The number of anilines is 1. The molecule has 0 radical (unpaired) electrons. The average molecular weight is 398 g/mol. The van der Waals surface area contributed by atoms with Gasteiger partial charge in [0, 0.05) is 12.1 Å². The van der Waals surface area contributed by atoms with E-state index in [1.807, 2.05) is 42.5 Å². The molecule has 8 heteroatoms. The molecule has 0 aliphatic carbocycles. The van der Waals surface area contributed by atoms with E-state index >= 15 is 0 Å². The Hall–Kier alpha value is -3.39. The minimum absolute atomic E-state index is 0.0265. The highest BCUT2D eigenvalue weighted by atomic mass is 32.2. The minimum atomic E-state index is -4.11. The third kappa shape index (κ3) is 4.29. The molecule has 0 fully saturated rings. The number of nitro groups is 1. The summed E-state index contributed by atoms with van der Waals surface area (Å²) in [4.78, 5) is 10.1.